The largest absolute Gasteiger partial charge is 0.383 e. The second kappa shape index (κ2) is 7.98. The molecule has 0 fully saturated rings. The fraction of sp³-hybridized carbons (Fsp3) is 0.150. The Balaban J connectivity index is 1.66. The van der Waals surface area contributed by atoms with Crippen LogP contribution in [0.15, 0.2) is 46.1 Å². The smallest absolute Gasteiger partial charge is 0.268 e. The van der Waals surface area contributed by atoms with Crippen molar-refractivity contribution >= 4 is 34.1 Å². The Hall–Kier alpha value is -4.32. The second-order valence-electron chi connectivity index (χ2n) is 7.17. The van der Waals surface area contributed by atoms with E-state index in [1.54, 1.807) is 37.4 Å². The highest BCUT2D eigenvalue weighted by atomic mass is 35.5. The zero-order valence-electron chi connectivity index (χ0n) is 17.4. The molecule has 1 atom stereocenters. The molecule has 4 N–H and O–H groups in total. The van der Waals surface area contributed by atoms with Crippen LogP contribution in [0.2, 0.25) is 5.02 Å². The molecule has 0 spiro atoms. The number of H-pyrrole nitrogens is 1. The molecule has 0 bridgehead atoms. The number of halogens is 1. The van der Waals surface area contributed by atoms with Gasteiger partial charge in [-0.05, 0) is 26.0 Å². The van der Waals surface area contributed by atoms with Crippen molar-refractivity contribution in [3.63, 3.8) is 0 Å². The summed E-state index contributed by atoms with van der Waals surface area (Å²) in [5, 5.41) is 14.5. The second-order valence-corrected chi connectivity index (χ2v) is 7.58. The van der Waals surface area contributed by atoms with E-state index in [9.17, 15) is 4.79 Å². The van der Waals surface area contributed by atoms with E-state index in [-0.39, 0.29) is 17.3 Å². The van der Waals surface area contributed by atoms with Gasteiger partial charge in [-0.3, -0.25) is 9.89 Å². The van der Waals surface area contributed by atoms with Gasteiger partial charge in [0.1, 0.15) is 29.4 Å². The molecule has 166 valence electrons. The molecule has 4 aromatic heterocycles. The quantitative estimate of drug-likeness (QED) is 0.351. The van der Waals surface area contributed by atoms with Crippen molar-refractivity contribution < 1.29 is 4.52 Å². The molecule has 12 nitrogen and oxygen atoms in total. The molecule has 0 saturated carbocycles. The van der Waals surface area contributed by atoms with Gasteiger partial charge >= 0.3 is 0 Å². The van der Waals surface area contributed by atoms with Crippen LogP contribution in [0.4, 0.5) is 11.6 Å². The molecular weight excluding hydrogens is 448 g/mol. The first-order chi connectivity index (χ1) is 15.9. The van der Waals surface area contributed by atoms with Gasteiger partial charge < -0.3 is 15.6 Å². The number of anilines is 2. The maximum atomic E-state index is 13.4. The number of aromatic nitrogens is 8. The summed E-state index contributed by atoms with van der Waals surface area (Å²) in [7, 11) is 0. The fourth-order valence-electron chi connectivity index (χ4n) is 3.48. The monoisotopic (exact) mass is 464 g/mol. The van der Waals surface area contributed by atoms with Gasteiger partial charge in [0, 0.05) is 12.3 Å². The van der Waals surface area contributed by atoms with Gasteiger partial charge in [0.25, 0.3) is 11.4 Å². The van der Waals surface area contributed by atoms with E-state index in [2.05, 4.69) is 35.6 Å². The highest BCUT2D eigenvalue weighted by Gasteiger charge is 2.24. The van der Waals surface area contributed by atoms with Crippen molar-refractivity contribution in [3.05, 3.63) is 63.8 Å². The summed E-state index contributed by atoms with van der Waals surface area (Å²) in [5.74, 6) is 1.86. The average Bonchev–Trinajstić information content (AvgIpc) is 3.45. The molecule has 4 heterocycles. The molecular formula is C20H17ClN10O2. The first kappa shape index (κ1) is 20.6. The highest BCUT2D eigenvalue weighted by molar-refractivity contribution is 6.35. The number of nitrogen functional groups attached to an aromatic ring is 1. The number of nitrogens with two attached hydrogens (primary N) is 1. The van der Waals surface area contributed by atoms with E-state index in [1.165, 1.54) is 10.9 Å². The number of nitrogens with one attached hydrogen (secondary N) is 2. The number of aryl methyl sites for hydroxylation is 1. The van der Waals surface area contributed by atoms with E-state index in [4.69, 9.17) is 26.8 Å². The number of fused-ring (bicyclic) bond motifs is 1. The molecule has 13 heteroatoms. The van der Waals surface area contributed by atoms with Gasteiger partial charge in [-0.1, -0.05) is 22.8 Å². The molecule has 0 aliphatic heterocycles. The predicted octanol–water partition coefficient (Wildman–Crippen LogP) is 2.67. The molecule has 0 saturated heterocycles. The van der Waals surface area contributed by atoms with E-state index in [0.29, 0.717) is 44.8 Å². The first-order valence-electron chi connectivity index (χ1n) is 9.83. The van der Waals surface area contributed by atoms with Gasteiger partial charge in [-0.15, -0.1) is 0 Å². The molecule has 5 aromatic rings. The van der Waals surface area contributed by atoms with Crippen LogP contribution in [0, 0.1) is 6.92 Å². The Labute approximate surface area is 190 Å². The van der Waals surface area contributed by atoms with Gasteiger partial charge in [0.2, 0.25) is 0 Å². The number of hydrogen-bond acceptors (Lipinski definition) is 10. The van der Waals surface area contributed by atoms with E-state index < -0.39 is 6.04 Å². The Kier molecular flexibility index (Phi) is 4.98. The fourth-order valence-corrected chi connectivity index (χ4v) is 3.73. The minimum absolute atomic E-state index is 0.159. The molecule has 1 aromatic carbocycles. The van der Waals surface area contributed by atoms with Gasteiger partial charge in [-0.2, -0.15) is 10.1 Å². The third kappa shape index (κ3) is 3.55. The van der Waals surface area contributed by atoms with E-state index >= 15 is 0 Å². The van der Waals surface area contributed by atoms with Crippen LogP contribution in [0.3, 0.4) is 0 Å². The van der Waals surface area contributed by atoms with Crippen LogP contribution in [0.25, 0.3) is 28.2 Å². The lowest BCUT2D eigenvalue weighted by atomic mass is 10.2. The molecule has 0 amide bonds. The maximum absolute atomic E-state index is 13.4. The molecule has 33 heavy (non-hydrogen) atoms. The zero-order valence-corrected chi connectivity index (χ0v) is 18.2. The minimum atomic E-state index is -0.533. The average molecular weight is 465 g/mol. The summed E-state index contributed by atoms with van der Waals surface area (Å²) in [6.45, 7) is 3.51. The van der Waals surface area contributed by atoms with Crippen LogP contribution in [0.1, 0.15) is 24.6 Å². The summed E-state index contributed by atoms with van der Waals surface area (Å²) in [4.78, 5) is 30.7. The molecule has 0 radical (unpaired) electrons. The Morgan fingerprint density at radius 1 is 1.24 bits per heavy atom. The molecule has 0 aliphatic rings. The lowest BCUT2D eigenvalue weighted by molar-refractivity contribution is 0.425. The highest BCUT2D eigenvalue weighted by Crippen LogP contribution is 2.32. The maximum Gasteiger partial charge on any atom is 0.268 e. The third-order valence-electron chi connectivity index (χ3n) is 4.95. The molecule has 0 unspecified atom stereocenters. The van der Waals surface area contributed by atoms with Crippen LogP contribution < -0.4 is 16.6 Å². The number of nitrogens with zero attached hydrogens (tertiary/aromatic N) is 7. The Bertz CT molecular complexity index is 1530. The van der Waals surface area contributed by atoms with Crippen molar-refractivity contribution in [2.45, 2.75) is 19.9 Å². The predicted molar refractivity (Wildman–Crippen MR) is 121 cm³/mol. The molecule has 0 aliphatic carbocycles. The Morgan fingerprint density at radius 3 is 2.82 bits per heavy atom. The standard InChI is InChI=1S/C20H17ClN10O2/c1-9(26-17-15(16(22)23-8-24-17)19-27-10(2)30-33-19)18-28-12-5-3-4-11(21)14(12)20(32)31(18)13-6-7-25-29-13/h3-9H,1-2H3,(H,25,29)(H3,22,23,24,26)/t9-/m0/s1. The van der Waals surface area contributed by atoms with Gasteiger partial charge in [-0.25, -0.2) is 19.5 Å². The van der Waals surface area contributed by atoms with Crippen molar-refractivity contribution in [2.24, 2.45) is 0 Å². The number of aromatic amines is 1. The van der Waals surface area contributed by atoms with Gasteiger partial charge in [0.05, 0.1) is 22.0 Å². The molecule has 5 rings (SSSR count). The lowest BCUT2D eigenvalue weighted by Gasteiger charge is -2.20. The minimum Gasteiger partial charge on any atom is -0.383 e. The van der Waals surface area contributed by atoms with Crippen molar-refractivity contribution in [3.8, 4) is 17.3 Å². The van der Waals surface area contributed by atoms with Crippen LogP contribution in [-0.2, 0) is 0 Å². The van der Waals surface area contributed by atoms with Crippen LogP contribution in [-0.4, -0.2) is 39.9 Å². The lowest BCUT2D eigenvalue weighted by Crippen LogP contribution is -2.28. The summed E-state index contributed by atoms with van der Waals surface area (Å²) in [6, 6.07) is 6.24. The number of hydrogen-bond donors (Lipinski definition) is 3. The van der Waals surface area contributed by atoms with Crippen LogP contribution >= 0.6 is 11.6 Å². The van der Waals surface area contributed by atoms with Crippen molar-refractivity contribution in [2.75, 3.05) is 11.1 Å². The van der Waals surface area contributed by atoms with Crippen molar-refractivity contribution in [1.29, 1.82) is 0 Å². The number of benzene rings is 1. The van der Waals surface area contributed by atoms with E-state index in [0.717, 1.165) is 0 Å². The Morgan fingerprint density at radius 2 is 2.09 bits per heavy atom. The van der Waals surface area contributed by atoms with Crippen molar-refractivity contribution in [1.82, 2.24) is 39.9 Å². The normalized spacial score (nSPS) is 12.2. The SMILES string of the molecule is Cc1noc(-c2c(N)ncnc2N[C@@H](C)c2nc3cccc(Cl)c3c(=O)n2-c2cc[nH]n2)n1. The zero-order chi connectivity index (χ0) is 23.1. The summed E-state index contributed by atoms with van der Waals surface area (Å²) < 4.78 is 6.66. The van der Waals surface area contributed by atoms with Gasteiger partial charge in [0.15, 0.2) is 11.6 Å². The topological polar surface area (TPSA) is 166 Å². The summed E-state index contributed by atoms with van der Waals surface area (Å²) in [6.07, 6.45) is 2.92. The van der Waals surface area contributed by atoms with E-state index in [1.807, 2.05) is 6.92 Å². The van der Waals surface area contributed by atoms with Crippen LogP contribution in [0.5, 0.6) is 0 Å². The summed E-state index contributed by atoms with van der Waals surface area (Å²) in [5.41, 5.74) is 6.54. The third-order valence-corrected chi connectivity index (χ3v) is 5.26. The first-order valence-corrected chi connectivity index (χ1v) is 10.2. The summed E-state index contributed by atoms with van der Waals surface area (Å²) >= 11 is 6.31. The number of rotatable bonds is 5.